The van der Waals surface area contributed by atoms with Crippen molar-refractivity contribution >= 4 is 39.3 Å². The van der Waals surface area contributed by atoms with Gasteiger partial charge in [-0.2, -0.15) is 0 Å². The summed E-state index contributed by atoms with van der Waals surface area (Å²) in [6.45, 7) is 0.583. The zero-order valence-corrected chi connectivity index (χ0v) is 12.8. The van der Waals surface area contributed by atoms with Gasteiger partial charge in [-0.25, -0.2) is 0 Å². The van der Waals surface area contributed by atoms with Crippen LogP contribution in [-0.2, 0) is 4.79 Å². The van der Waals surface area contributed by atoms with Gasteiger partial charge in [-0.1, -0.05) is 17.7 Å². The Bertz CT molecular complexity index is 521. The Hall–Kier alpha value is -1.07. The fraction of sp³-hybridized carbons (Fsp3) is 0.385. The predicted octanol–water partition coefficient (Wildman–Crippen LogP) is 2.45. The molecule has 1 atom stereocenters. The van der Waals surface area contributed by atoms with Gasteiger partial charge in [0.15, 0.2) is 0 Å². The molecule has 1 aromatic carbocycles. The summed E-state index contributed by atoms with van der Waals surface area (Å²) in [5.41, 5.74) is 0.423. The van der Waals surface area contributed by atoms with Gasteiger partial charge in [0.05, 0.1) is 10.6 Å². The SMILES string of the molecule is CNC(=O)C1CCCN1C(=O)c1cccc(Br)c1Cl. The van der Waals surface area contributed by atoms with E-state index in [0.717, 1.165) is 6.42 Å². The summed E-state index contributed by atoms with van der Waals surface area (Å²) in [6, 6.07) is 4.81. The molecule has 1 saturated heterocycles. The number of hydrogen-bond donors (Lipinski definition) is 1. The Labute approximate surface area is 125 Å². The molecule has 0 spiro atoms. The number of likely N-dealkylation sites (tertiary alicyclic amines) is 1. The first-order valence-corrected chi connectivity index (χ1v) is 7.20. The molecule has 1 aromatic rings. The highest BCUT2D eigenvalue weighted by Gasteiger charge is 2.34. The molecule has 1 fully saturated rings. The number of carbonyl (C=O) groups is 2. The van der Waals surface area contributed by atoms with Gasteiger partial charge < -0.3 is 10.2 Å². The first-order chi connectivity index (χ1) is 9.06. The van der Waals surface area contributed by atoms with E-state index >= 15 is 0 Å². The van der Waals surface area contributed by atoms with Crippen LogP contribution >= 0.6 is 27.5 Å². The maximum absolute atomic E-state index is 12.5. The minimum absolute atomic E-state index is 0.128. The van der Waals surface area contributed by atoms with Gasteiger partial charge >= 0.3 is 0 Å². The largest absolute Gasteiger partial charge is 0.357 e. The average molecular weight is 346 g/mol. The van der Waals surface area contributed by atoms with Gasteiger partial charge in [0, 0.05) is 18.1 Å². The molecular weight excluding hydrogens is 332 g/mol. The second-order valence-electron chi connectivity index (χ2n) is 4.37. The standard InChI is InChI=1S/C13H14BrClN2O2/c1-16-12(18)10-6-3-7-17(10)13(19)8-4-2-5-9(14)11(8)15/h2,4-5,10H,3,6-7H2,1H3,(H,16,18). The summed E-state index contributed by atoms with van der Waals surface area (Å²) < 4.78 is 0.677. The van der Waals surface area contributed by atoms with Gasteiger partial charge in [-0.05, 0) is 40.9 Å². The molecule has 0 aromatic heterocycles. The van der Waals surface area contributed by atoms with Crippen LogP contribution in [0.2, 0.25) is 5.02 Å². The second-order valence-corrected chi connectivity index (χ2v) is 5.60. The monoisotopic (exact) mass is 344 g/mol. The third-order valence-electron chi connectivity index (χ3n) is 3.24. The van der Waals surface area contributed by atoms with Crippen molar-refractivity contribution in [2.45, 2.75) is 18.9 Å². The molecular formula is C13H14BrClN2O2. The second kappa shape index (κ2) is 5.92. The zero-order chi connectivity index (χ0) is 14.0. The lowest BCUT2D eigenvalue weighted by atomic mass is 10.1. The molecule has 19 heavy (non-hydrogen) atoms. The van der Waals surface area contributed by atoms with Crippen LogP contribution in [0.5, 0.6) is 0 Å². The van der Waals surface area contributed by atoms with E-state index in [1.165, 1.54) is 0 Å². The molecule has 2 rings (SSSR count). The summed E-state index contributed by atoms with van der Waals surface area (Å²) in [7, 11) is 1.58. The van der Waals surface area contributed by atoms with Crippen LogP contribution in [0.4, 0.5) is 0 Å². The highest BCUT2D eigenvalue weighted by atomic mass is 79.9. The maximum atomic E-state index is 12.5. The molecule has 102 valence electrons. The third-order valence-corrected chi connectivity index (χ3v) is 4.54. The highest BCUT2D eigenvalue weighted by Crippen LogP contribution is 2.29. The zero-order valence-electron chi connectivity index (χ0n) is 10.5. The first-order valence-electron chi connectivity index (χ1n) is 6.03. The molecule has 1 heterocycles. The molecule has 0 radical (unpaired) electrons. The van der Waals surface area contributed by atoms with E-state index in [-0.39, 0.29) is 11.8 Å². The molecule has 1 N–H and O–H groups in total. The summed E-state index contributed by atoms with van der Waals surface area (Å²) in [5, 5.41) is 2.98. The van der Waals surface area contributed by atoms with Crippen LogP contribution < -0.4 is 5.32 Å². The van der Waals surface area contributed by atoms with Gasteiger partial charge in [0.2, 0.25) is 5.91 Å². The van der Waals surface area contributed by atoms with Crippen LogP contribution in [0.25, 0.3) is 0 Å². The van der Waals surface area contributed by atoms with Crippen molar-refractivity contribution in [2.24, 2.45) is 0 Å². The number of nitrogens with zero attached hydrogens (tertiary/aromatic N) is 1. The molecule has 1 aliphatic heterocycles. The van der Waals surface area contributed by atoms with Gasteiger partial charge in [0.1, 0.15) is 6.04 Å². The number of amides is 2. The summed E-state index contributed by atoms with van der Waals surface area (Å²) in [5.74, 6) is -0.325. The Morgan fingerprint density at radius 1 is 1.47 bits per heavy atom. The maximum Gasteiger partial charge on any atom is 0.256 e. The molecule has 4 nitrogen and oxygen atoms in total. The number of likely N-dealkylation sites (N-methyl/N-ethyl adjacent to an activating group) is 1. The Morgan fingerprint density at radius 2 is 2.21 bits per heavy atom. The van der Waals surface area contributed by atoms with Crippen molar-refractivity contribution in [1.82, 2.24) is 10.2 Å². The van der Waals surface area contributed by atoms with E-state index in [4.69, 9.17) is 11.6 Å². The van der Waals surface area contributed by atoms with Gasteiger partial charge in [-0.15, -0.1) is 0 Å². The van der Waals surface area contributed by atoms with Crippen molar-refractivity contribution in [3.63, 3.8) is 0 Å². The Balaban J connectivity index is 2.28. The number of halogens is 2. The molecule has 1 aliphatic rings. The number of benzene rings is 1. The van der Waals surface area contributed by atoms with Crippen LogP contribution in [-0.4, -0.2) is 36.3 Å². The van der Waals surface area contributed by atoms with E-state index in [9.17, 15) is 9.59 Å². The van der Waals surface area contributed by atoms with Gasteiger partial charge in [-0.3, -0.25) is 9.59 Å². The lowest BCUT2D eigenvalue weighted by Gasteiger charge is -2.23. The molecule has 0 aliphatic carbocycles. The highest BCUT2D eigenvalue weighted by molar-refractivity contribution is 9.10. The van der Waals surface area contributed by atoms with E-state index < -0.39 is 6.04 Å². The van der Waals surface area contributed by atoms with Crippen molar-refractivity contribution in [3.05, 3.63) is 33.3 Å². The normalized spacial score (nSPS) is 18.5. The topological polar surface area (TPSA) is 49.4 Å². The number of nitrogens with one attached hydrogen (secondary N) is 1. The summed E-state index contributed by atoms with van der Waals surface area (Å²) in [4.78, 5) is 25.8. The minimum Gasteiger partial charge on any atom is -0.357 e. The molecule has 0 saturated carbocycles. The molecule has 2 amide bonds. The number of carbonyl (C=O) groups excluding carboxylic acids is 2. The van der Waals surface area contributed by atoms with Crippen molar-refractivity contribution in [2.75, 3.05) is 13.6 Å². The lowest BCUT2D eigenvalue weighted by molar-refractivity contribution is -0.124. The summed E-state index contributed by atoms with van der Waals surface area (Å²) >= 11 is 9.43. The van der Waals surface area contributed by atoms with Crippen LogP contribution in [0, 0.1) is 0 Å². The van der Waals surface area contributed by atoms with Crippen LogP contribution in [0.15, 0.2) is 22.7 Å². The minimum atomic E-state index is -0.396. The number of hydrogen-bond acceptors (Lipinski definition) is 2. The third kappa shape index (κ3) is 2.77. The fourth-order valence-electron chi connectivity index (χ4n) is 2.27. The van der Waals surface area contributed by atoms with Crippen LogP contribution in [0.3, 0.4) is 0 Å². The van der Waals surface area contributed by atoms with Crippen LogP contribution in [0.1, 0.15) is 23.2 Å². The van der Waals surface area contributed by atoms with E-state index in [1.54, 1.807) is 30.1 Å². The lowest BCUT2D eigenvalue weighted by Crippen LogP contribution is -2.45. The quantitative estimate of drug-likeness (QED) is 0.895. The molecule has 6 heteroatoms. The van der Waals surface area contributed by atoms with Crippen molar-refractivity contribution in [1.29, 1.82) is 0 Å². The van der Waals surface area contributed by atoms with E-state index in [1.807, 2.05) is 0 Å². The van der Waals surface area contributed by atoms with Gasteiger partial charge in [0.25, 0.3) is 5.91 Å². The van der Waals surface area contributed by atoms with Crippen molar-refractivity contribution < 1.29 is 9.59 Å². The molecule has 1 unspecified atom stereocenters. The Morgan fingerprint density at radius 3 is 2.89 bits per heavy atom. The number of rotatable bonds is 2. The smallest absolute Gasteiger partial charge is 0.256 e. The summed E-state index contributed by atoms with van der Waals surface area (Å²) in [6.07, 6.45) is 1.52. The first kappa shape index (κ1) is 14.3. The molecule has 0 bridgehead atoms. The fourth-order valence-corrected chi connectivity index (χ4v) is 2.85. The Kier molecular flexibility index (Phi) is 4.47. The van der Waals surface area contributed by atoms with E-state index in [2.05, 4.69) is 21.2 Å². The van der Waals surface area contributed by atoms with Crippen molar-refractivity contribution in [3.8, 4) is 0 Å². The average Bonchev–Trinajstić information content (AvgIpc) is 2.89. The van der Waals surface area contributed by atoms with E-state index in [0.29, 0.717) is 28.0 Å². The predicted molar refractivity (Wildman–Crippen MR) is 77.3 cm³/mol.